The van der Waals surface area contributed by atoms with Gasteiger partial charge in [0, 0.05) is 35.3 Å². The molecule has 2 fully saturated rings. The van der Waals surface area contributed by atoms with Crippen LogP contribution in [0.1, 0.15) is 30.9 Å². The number of nitro groups is 1. The molecular weight excluding hydrogens is 550 g/mol. The smallest absolute Gasteiger partial charge is 0.294 e. The molecule has 9 nitrogen and oxygen atoms in total. The highest BCUT2D eigenvalue weighted by Gasteiger charge is 2.37. The quantitative estimate of drug-likeness (QED) is 0.253. The number of carbonyl (C=O) groups excluding carboxylic acids is 3. The molecule has 36 heavy (non-hydrogen) atoms. The first kappa shape index (κ1) is 25.9. The van der Waals surface area contributed by atoms with Crippen LogP contribution in [0.5, 0.6) is 5.75 Å². The predicted octanol–water partition coefficient (Wildman–Crippen LogP) is 5.23. The van der Waals surface area contributed by atoms with Crippen LogP contribution in [-0.4, -0.2) is 51.4 Å². The van der Waals surface area contributed by atoms with Gasteiger partial charge in [-0.15, -0.1) is 0 Å². The number of nitro benzene ring substituents is 1. The number of likely N-dealkylation sites (tertiary alicyclic amines) is 1. The Balaban J connectivity index is 1.46. The van der Waals surface area contributed by atoms with Crippen LogP contribution in [0.15, 0.2) is 51.8 Å². The van der Waals surface area contributed by atoms with Crippen molar-refractivity contribution in [2.24, 2.45) is 5.92 Å². The van der Waals surface area contributed by atoms with Gasteiger partial charge >= 0.3 is 0 Å². The number of halogens is 1. The topological polar surface area (TPSA) is 110 Å². The van der Waals surface area contributed by atoms with Crippen LogP contribution in [0, 0.1) is 16.0 Å². The van der Waals surface area contributed by atoms with Gasteiger partial charge in [-0.3, -0.25) is 29.4 Å². The van der Waals surface area contributed by atoms with Gasteiger partial charge in [0.25, 0.3) is 16.8 Å². The van der Waals surface area contributed by atoms with Gasteiger partial charge < -0.3 is 9.64 Å². The van der Waals surface area contributed by atoms with Crippen molar-refractivity contribution >= 4 is 56.5 Å². The second kappa shape index (κ2) is 11.3. The van der Waals surface area contributed by atoms with Gasteiger partial charge in [-0.05, 0) is 72.5 Å². The van der Waals surface area contributed by atoms with Gasteiger partial charge in [0.15, 0.2) is 0 Å². The Bertz CT molecular complexity index is 1220. The van der Waals surface area contributed by atoms with Crippen LogP contribution in [0.2, 0.25) is 0 Å². The molecule has 2 saturated heterocycles. The largest absolute Gasteiger partial charge is 0.488 e. The molecule has 4 rings (SSSR count). The molecule has 2 aromatic rings. The minimum atomic E-state index is -0.509. The Kier molecular flexibility index (Phi) is 8.10. The third-order valence-corrected chi connectivity index (χ3v) is 7.50. The maximum absolute atomic E-state index is 13.0. The first-order chi connectivity index (χ1) is 17.2. The van der Waals surface area contributed by atoms with Gasteiger partial charge in [0.2, 0.25) is 5.91 Å². The van der Waals surface area contributed by atoms with Crippen LogP contribution in [0.25, 0.3) is 6.08 Å². The van der Waals surface area contributed by atoms with E-state index in [0.29, 0.717) is 30.3 Å². The Morgan fingerprint density at radius 1 is 1.19 bits per heavy atom. The number of amides is 3. The van der Waals surface area contributed by atoms with Crippen molar-refractivity contribution in [1.82, 2.24) is 9.80 Å². The van der Waals surface area contributed by atoms with E-state index in [0.717, 1.165) is 39.5 Å². The number of imide groups is 1. The molecule has 0 N–H and O–H groups in total. The summed E-state index contributed by atoms with van der Waals surface area (Å²) in [6.45, 7) is 3.32. The van der Waals surface area contributed by atoms with Gasteiger partial charge in [-0.25, -0.2) is 0 Å². The first-order valence-electron chi connectivity index (χ1n) is 11.4. The van der Waals surface area contributed by atoms with E-state index in [2.05, 4.69) is 22.9 Å². The molecule has 3 amide bonds. The number of ether oxygens (including phenoxy) is 1. The van der Waals surface area contributed by atoms with Gasteiger partial charge in [0.05, 0.1) is 9.83 Å². The lowest BCUT2D eigenvalue weighted by molar-refractivity contribution is -0.384. The molecular formula is C25H24BrN3O6S. The molecule has 0 atom stereocenters. The molecule has 188 valence electrons. The van der Waals surface area contributed by atoms with Gasteiger partial charge in [0.1, 0.15) is 18.9 Å². The van der Waals surface area contributed by atoms with E-state index in [1.54, 1.807) is 41.3 Å². The lowest BCUT2D eigenvalue weighted by Gasteiger charge is -2.31. The fraction of sp³-hybridized carbons (Fsp3) is 0.320. The van der Waals surface area contributed by atoms with E-state index in [9.17, 15) is 24.5 Å². The Morgan fingerprint density at radius 2 is 1.89 bits per heavy atom. The molecule has 0 aromatic heterocycles. The van der Waals surface area contributed by atoms with Crippen molar-refractivity contribution in [1.29, 1.82) is 0 Å². The van der Waals surface area contributed by atoms with E-state index in [1.165, 1.54) is 12.1 Å². The SMILES string of the molecule is CC1CCN(C(=O)CN2C(=O)S/C(=C\c3cc(Br)ccc3OCc3ccc([N+](=O)[O-])cc3)C2=O)CC1. The number of nitrogens with zero attached hydrogens (tertiary/aromatic N) is 3. The number of hydrogen-bond donors (Lipinski definition) is 0. The second-order valence-corrected chi connectivity index (χ2v) is 10.6. The molecule has 11 heteroatoms. The normalized spacial score (nSPS) is 17.7. The fourth-order valence-corrected chi connectivity index (χ4v) is 5.12. The van der Waals surface area contributed by atoms with E-state index >= 15 is 0 Å². The van der Waals surface area contributed by atoms with Crippen LogP contribution in [-0.2, 0) is 16.2 Å². The highest BCUT2D eigenvalue weighted by molar-refractivity contribution is 9.10. The number of carbonyl (C=O) groups is 3. The third kappa shape index (κ3) is 6.14. The lowest BCUT2D eigenvalue weighted by Crippen LogP contribution is -2.45. The van der Waals surface area contributed by atoms with Crippen molar-refractivity contribution in [2.45, 2.75) is 26.4 Å². The summed E-state index contributed by atoms with van der Waals surface area (Å²) >= 11 is 4.21. The third-order valence-electron chi connectivity index (χ3n) is 6.10. The summed E-state index contributed by atoms with van der Waals surface area (Å²) in [4.78, 5) is 51.5. The minimum Gasteiger partial charge on any atom is -0.488 e. The number of rotatable bonds is 7. The highest BCUT2D eigenvalue weighted by atomic mass is 79.9. The van der Waals surface area contributed by atoms with Gasteiger partial charge in [-0.1, -0.05) is 22.9 Å². The van der Waals surface area contributed by atoms with Crippen molar-refractivity contribution in [3.8, 4) is 5.75 Å². The average molecular weight is 574 g/mol. The zero-order chi connectivity index (χ0) is 25.8. The van der Waals surface area contributed by atoms with Crippen molar-refractivity contribution < 1.29 is 24.0 Å². The maximum atomic E-state index is 13.0. The fourth-order valence-electron chi connectivity index (χ4n) is 3.91. The summed E-state index contributed by atoms with van der Waals surface area (Å²) < 4.78 is 6.67. The van der Waals surface area contributed by atoms with Crippen LogP contribution >= 0.6 is 27.7 Å². The molecule has 2 aliphatic heterocycles. The van der Waals surface area contributed by atoms with Crippen LogP contribution in [0.4, 0.5) is 10.5 Å². The number of thioether (sulfide) groups is 1. The predicted molar refractivity (Wildman–Crippen MR) is 139 cm³/mol. The highest BCUT2D eigenvalue weighted by Crippen LogP contribution is 2.35. The van der Waals surface area contributed by atoms with Crippen molar-refractivity contribution in [3.05, 3.63) is 73.1 Å². The number of piperidine rings is 1. The monoisotopic (exact) mass is 573 g/mol. The molecule has 0 radical (unpaired) electrons. The summed E-state index contributed by atoms with van der Waals surface area (Å²) in [6, 6.07) is 11.3. The lowest BCUT2D eigenvalue weighted by atomic mass is 9.99. The van der Waals surface area contributed by atoms with E-state index in [-0.39, 0.29) is 29.7 Å². The van der Waals surface area contributed by atoms with Gasteiger partial charge in [-0.2, -0.15) is 0 Å². The van der Waals surface area contributed by atoms with Crippen LogP contribution in [0.3, 0.4) is 0 Å². The Hall–Kier alpha value is -3.18. The van der Waals surface area contributed by atoms with E-state index in [4.69, 9.17) is 4.74 Å². The second-order valence-electron chi connectivity index (χ2n) is 8.73. The number of hydrogen-bond acceptors (Lipinski definition) is 7. The molecule has 2 aliphatic rings. The zero-order valence-electron chi connectivity index (χ0n) is 19.5. The van der Waals surface area contributed by atoms with Crippen molar-refractivity contribution in [3.63, 3.8) is 0 Å². The average Bonchev–Trinajstić information content (AvgIpc) is 3.11. The van der Waals surface area contributed by atoms with E-state index in [1.807, 2.05) is 0 Å². The summed E-state index contributed by atoms with van der Waals surface area (Å²) in [7, 11) is 0. The first-order valence-corrected chi connectivity index (χ1v) is 13.0. The minimum absolute atomic E-state index is 0.00728. The zero-order valence-corrected chi connectivity index (χ0v) is 21.9. The molecule has 2 aromatic carbocycles. The summed E-state index contributed by atoms with van der Waals surface area (Å²) in [5, 5.41) is 10.4. The van der Waals surface area contributed by atoms with Crippen molar-refractivity contribution in [2.75, 3.05) is 19.6 Å². The summed E-state index contributed by atoms with van der Waals surface area (Å²) in [5.74, 6) is 0.308. The number of non-ortho nitro benzene ring substituents is 1. The number of benzene rings is 2. The molecule has 0 unspecified atom stereocenters. The standard InChI is InChI=1S/C25H24BrN3O6S/c1-16-8-10-27(11-9-16)23(30)14-28-24(31)22(36-25(28)32)13-18-12-19(26)4-7-21(18)35-15-17-2-5-20(6-3-17)29(33)34/h2-7,12-13,16H,8-11,14-15H2,1H3/b22-13-. The Labute approximate surface area is 220 Å². The molecule has 2 heterocycles. The maximum Gasteiger partial charge on any atom is 0.294 e. The Morgan fingerprint density at radius 3 is 2.56 bits per heavy atom. The summed E-state index contributed by atoms with van der Waals surface area (Å²) in [6.07, 6.45) is 3.41. The molecule has 0 aliphatic carbocycles. The van der Waals surface area contributed by atoms with E-state index < -0.39 is 16.1 Å². The molecule has 0 spiro atoms. The molecule has 0 bridgehead atoms. The van der Waals surface area contributed by atoms with Crippen LogP contribution < -0.4 is 4.74 Å². The molecule has 0 saturated carbocycles. The summed E-state index contributed by atoms with van der Waals surface area (Å²) in [5.41, 5.74) is 1.31.